The monoisotopic (exact) mass is 174 g/mol. The predicted molar refractivity (Wildman–Crippen MR) is 45.7 cm³/mol. The highest BCUT2D eigenvalue weighted by atomic mass is 19.1. The van der Waals surface area contributed by atoms with Crippen molar-refractivity contribution in [3.8, 4) is 0 Å². The Kier molecular flexibility index (Phi) is 4.55. The zero-order valence-corrected chi connectivity index (χ0v) is 7.67. The van der Waals surface area contributed by atoms with E-state index < -0.39 is 12.1 Å². The van der Waals surface area contributed by atoms with Crippen LogP contribution in [0.15, 0.2) is 11.6 Å². The van der Waals surface area contributed by atoms with Crippen LogP contribution in [0.25, 0.3) is 0 Å². The van der Waals surface area contributed by atoms with Gasteiger partial charge in [-0.05, 0) is 18.9 Å². The molecule has 0 aliphatic carbocycles. The van der Waals surface area contributed by atoms with Gasteiger partial charge in [0.2, 0.25) is 0 Å². The summed E-state index contributed by atoms with van der Waals surface area (Å²) in [7, 11) is 0. The summed E-state index contributed by atoms with van der Waals surface area (Å²) in [4.78, 5) is 10.3. The maximum Gasteiger partial charge on any atom is 0.331 e. The van der Waals surface area contributed by atoms with E-state index >= 15 is 0 Å². The van der Waals surface area contributed by atoms with Gasteiger partial charge in [0, 0.05) is 5.57 Å². The number of halogens is 1. The molecule has 2 unspecified atom stereocenters. The molecule has 0 heterocycles. The molecule has 0 aromatic carbocycles. The van der Waals surface area contributed by atoms with E-state index in [-0.39, 0.29) is 11.5 Å². The largest absolute Gasteiger partial charge is 0.478 e. The van der Waals surface area contributed by atoms with Crippen molar-refractivity contribution in [2.24, 2.45) is 5.92 Å². The highest BCUT2D eigenvalue weighted by molar-refractivity contribution is 5.85. The fourth-order valence-corrected chi connectivity index (χ4v) is 0.700. The van der Waals surface area contributed by atoms with Gasteiger partial charge in [-0.15, -0.1) is 0 Å². The van der Waals surface area contributed by atoms with Crippen LogP contribution in [0.1, 0.15) is 27.2 Å². The van der Waals surface area contributed by atoms with Gasteiger partial charge < -0.3 is 5.11 Å². The molecule has 0 bridgehead atoms. The number of carboxylic acid groups (broad SMARTS) is 1. The molecule has 2 atom stereocenters. The van der Waals surface area contributed by atoms with Crippen LogP contribution in [0.5, 0.6) is 0 Å². The molecule has 3 heteroatoms. The molecular formula is C9H15FO2. The van der Waals surface area contributed by atoms with Gasteiger partial charge in [0.05, 0.1) is 0 Å². The minimum Gasteiger partial charge on any atom is -0.478 e. The number of hydrogen-bond acceptors (Lipinski definition) is 1. The first-order valence-corrected chi connectivity index (χ1v) is 4.04. The number of carbonyl (C=O) groups is 1. The summed E-state index contributed by atoms with van der Waals surface area (Å²) in [5.41, 5.74) is 0.0720. The Morgan fingerprint density at radius 2 is 2.17 bits per heavy atom. The Morgan fingerprint density at radius 1 is 1.67 bits per heavy atom. The molecule has 0 amide bonds. The lowest BCUT2D eigenvalue weighted by Gasteiger charge is -2.10. The van der Waals surface area contributed by atoms with Gasteiger partial charge in [0.1, 0.15) is 6.17 Å². The Morgan fingerprint density at radius 3 is 2.50 bits per heavy atom. The van der Waals surface area contributed by atoms with Crippen LogP contribution in [0, 0.1) is 5.92 Å². The molecular weight excluding hydrogens is 159 g/mol. The Balaban J connectivity index is 4.22. The fraction of sp³-hybridized carbons (Fsp3) is 0.667. The van der Waals surface area contributed by atoms with Crippen molar-refractivity contribution in [1.82, 2.24) is 0 Å². The van der Waals surface area contributed by atoms with Gasteiger partial charge in [0.15, 0.2) is 0 Å². The summed E-state index contributed by atoms with van der Waals surface area (Å²) in [6.45, 7) is 5.04. The molecule has 12 heavy (non-hydrogen) atoms. The molecule has 70 valence electrons. The fourth-order valence-electron chi connectivity index (χ4n) is 0.700. The van der Waals surface area contributed by atoms with E-state index in [0.29, 0.717) is 6.42 Å². The van der Waals surface area contributed by atoms with Crippen molar-refractivity contribution in [2.45, 2.75) is 33.4 Å². The molecule has 0 aliphatic rings. The number of hydrogen-bond donors (Lipinski definition) is 1. The average Bonchev–Trinajstić information content (AvgIpc) is 2.02. The Hall–Kier alpha value is -0.860. The van der Waals surface area contributed by atoms with Crippen molar-refractivity contribution in [2.75, 3.05) is 0 Å². The lowest BCUT2D eigenvalue weighted by Crippen LogP contribution is -2.10. The summed E-state index contributed by atoms with van der Waals surface area (Å²) in [5.74, 6) is -1.17. The van der Waals surface area contributed by atoms with Gasteiger partial charge in [-0.2, -0.15) is 0 Å². The van der Waals surface area contributed by atoms with Crippen LogP contribution in [-0.2, 0) is 4.79 Å². The zero-order valence-electron chi connectivity index (χ0n) is 7.67. The third-order valence-corrected chi connectivity index (χ3v) is 1.93. The second-order valence-corrected chi connectivity index (χ2v) is 2.98. The Labute approximate surface area is 72.1 Å². The van der Waals surface area contributed by atoms with Crippen LogP contribution >= 0.6 is 0 Å². The van der Waals surface area contributed by atoms with Gasteiger partial charge in [-0.1, -0.05) is 20.3 Å². The average molecular weight is 174 g/mol. The second kappa shape index (κ2) is 4.91. The zero-order chi connectivity index (χ0) is 9.72. The second-order valence-electron chi connectivity index (χ2n) is 2.98. The van der Waals surface area contributed by atoms with Crippen molar-refractivity contribution in [1.29, 1.82) is 0 Å². The summed E-state index contributed by atoms with van der Waals surface area (Å²) in [5, 5.41) is 8.45. The standard InChI is InChI=1S/C9H15FO2/c1-4-6(2)8(10)5-7(3)9(11)12/h5-6,8H,4H2,1-3H3,(H,11,12). The summed E-state index contributed by atoms with van der Waals surface area (Å²) >= 11 is 0. The molecule has 0 fully saturated rings. The van der Waals surface area contributed by atoms with Gasteiger partial charge in [-0.25, -0.2) is 9.18 Å². The summed E-state index contributed by atoms with van der Waals surface area (Å²) < 4.78 is 13.1. The van der Waals surface area contributed by atoms with Gasteiger partial charge in [0.25, 0.3) is 0 Å². The first-order chi connectivity index (χ1) is 5.49. The van der Waals surface area contributed by atoms with E-state index in [2.05, 4.69) is 0 Å². The molecule has 0 aliphatic heterocycles. The molecule has 0 rings (SSSR count). The molecule has 0 saturated heterocycles. The summed E-state index contributed by atoms with van der Waals surface area (Å²) in [6, 6.07) is 0. The maximum atomic E-state index is 13.1. The topological polar surface area (TPSA) is 37.3 Å². The van der Waals surface area contributed by atoms with Crippen LogP contribution in [0.3, 0.4) is 0 Å². The smallest absolute Gasteiger partial charge is 0.331 e. The van der Waals surface area contributed by atoms with E-state index in [1.165, 1.54) is 6.92 Å². The normalized spacial score (nSPS) is 17.2. The number of aliphatic carboxylic acids is 1. The van der Waals surface area contributed by atoms with Crippen LogP contribution in [0.2, 0.25) is 0 Å². The Bertz CT molecular complexity index is 187. The van der Waals surface area contributed by atoms with Crippen LogP contribution < -0.4 is 0 Å². The lowest BCUT2D eigenvalue weighted by molar-refractivity contribution is -0.132. The van der Waals surface area contributed by atoms with Crippen molar-refractivity contribution < 1.29 is 14.3 Å². The maximum absolute atomic E-state index is 13.1. The highest BCUT2D eigenvalue weighted by Crippen LogP contribution is 2.14. The molecule has 2 nitrogen and oxygen atoms in total. The number of alkyl halides is 1. The van der Waals surface area contributed by atoms with Crippen LogP contribution in [-0.4, -0.2) is 17.2 Å². The predicted octanol–water partition coefficient (Wildman–Crippen LogP) is 2.40. The first kappa shape index (κ1) is 11.1. The minimum atomic E-state index is -1.15. The molecule has 0 aromatic rings. The minimum absolute atomic E-state index is 0.0720. The molecule has 0 saturated carbocycles. The number of rotatable bonds is 4. The highest BCUT2D eigenvalue weighted by Gasteiger charge is 2.13. The number of carboxylic acids is 1. The SMILES string of the molecule is CCC(C)C(F)C=C(C)C(=O)O. The van der Waals surface area contributed by atoms with E-state index in [1.54, 1.807) is 6.92 Å². The quantitative estimate of drug-likeness (QED) is 0.664. The molecule has 0 radical (unpaired) electrons. The van der Waals surface area contributed by atoms with Crippen molar-refractivity contribution in [3.05, 3.63) is 11.6 Å². The van der Waals surface area contributed by atoms with Gasteiger partial charge in [-0.3, -0.25) is 0 Å². The lowest BCUT2D eigenvalue weighted by atomic mass is 10.0. The van der Waals surface area contributed by atoms with Crippen molar-refractivity contribution >= 4 is 5.97 Å². The van der Waals surface area contributed by atoms with Crippen molar-refractivity contribution in [3.63, 3.8) is 0 Å². The first-order valence-electron chi connectivity index (χ1n) is 4.04. The van der Waals surface area contributed by atoms with E-state index in [4.69, 9.17) is 5.11 Å². The molecule has 1 N–H and O–H groups in total. The van der Waals surface area contributed by atoms with E-state index in [9.17, 15) is 9.18 Å². The molecule has 0 spiro atoms. The molecule has 0 aromatic heterocycles. The third-order valence-electron chi connectivity index (χ3n) is 1.93. The van der Waals surface area contributed by atoms with Crippen LogP contribution in [0.4, 0.5) is 4.39 Å². The summed E-state index contributed by atoms with van der Waals surface area (Å²) in [6.07, 6.45) is 0.729. The van der Waals surface area contributed by atoms with Gasteiger partial charge >= 0.3 is 5.97 Å². The van der Waals surface area contributed by atoms with E-state index in [1.807, 2.05) is 6.92 Å². The third kappa shape index (κ3) is 3.51. The van der Waals surface area contributed by atoms with E-state index in [0.717, 1.165) is 6.08 Å². The number of allylic oxidation sites excluding steroid dienone is 1.